The average molecular weight is 260 g/mol. The summed E-state index contributed by atoms with van der Waals surface area (Å²) >= 11 is 0. The van der Waals surface area contributed by atoms with Crippen molar-refractivity contribution in [2.45, 2.75) is 33.4 Å². The van der Waals surface area contributed by atoms with Crippen LogP contribution in [0, 0.1) is 5.92 Å². The molecular weight excluding hydrogens is 236 g/mol. The molecule has 0 saturated heterocycles. The van der Waals surface area contributed by atoms with Gasteiger partial charge in [0, 0.05) is 19.1 Å². The van der Waals surface area contributed by atoms with Gasteiger partial charge in [0.15, 0.2) is 5.96 Å². The summed E-state index contributed by atoms with van der Waals surface area (Å²) in [6.45, 7) is 8.96. The first-order valence-corrected chi connectivity index (χ1v) is 6.99. The molecule has 3 N–H and O–H groups in total. The Kier molecular flexibility index (Phi) is 4.43. The van der Waals surface area contributed by atoms with Crippen molar-refractivity contribution in [3.63, 3.8) is 0 Å². The molecule has 0 aromatic heterocycles. The maximum absolute atomic E-state index is 5.80. The third-order valence-corrected chi connectivity index (χ3v) is 3.55. The lowest BCUT2D eigenvalue weighted by Crippen LogP contribution is -2.34. The molecular formula is C15H24N4. The second-order valence-electron chi connectivity index (χ2n) is 5.35. The number of fused-ring (bicyclic) bond motifs is 1. The topological polar surface area (TPSA) is 53.6 Å². The Morgan fingerprint density at radius 3 is 2.89 bits per heavy atom. The molecule has 0 aliphatic carbocycles. The minimum Gasteiger partial charge on any atom is -0.370 e. The maximum atomic E-state index is 5.80. The Hall–Kier alpha value is -1.55. The first kappa shape index (κ1) is 13.9. The van der Waals surface area contributed by atoms with E-state index in [0.29, 0.717) is 24.6 Å². The van der Waals surface area contributed by atoms with Gasteiger partial charge in [-0.2, -0.15) is 0 Å². The number of rotatable bonds is 4. The van der Waals surface area contributed by atoms with Crippen molar-refractivity contribution in [1.29, 1.82) is 0 Å². The third kappa shape index (κ3) is 3.07. The molecule has 1 aromatic rings. The van der Waals surface area contributed by atoms with E-state index < -0.39 is 0 Å². The summed E-state index contributed by atoms with van der Waals surface area (Å²) in [5, 5.41) is 3.04. The fraction of sp³-hybridized carbons (Fsp3) is 0.533. The van der Waals surface area contributed by atoms with Crippen molar-refractivity contribution in [1.82, 2.24) is 10.2 Å². The smallest absolute Gasteiger partial charge is 0.189 e. The second-order valence-corrected chi connectivity index (χ2v) is 5.35. The molecule has 0 radical (unpaired) electrons. The van der Waals surface area contributed by atoms with E-state index in [2.05, 4.69) is 53.3 Å². The zero-order valence-corrected chi connectivity index (χ0v) is 12.1. The van der Waals surface area contributed by atoms with Gasteiger partial charge in [0.25, 0.3) is 0 Å². The summed E-state index contributed by atoms with van der Waals surface area (Å²) in [4.78, 5) is 6.81. The van der Waals surface area contributed by atoms with Gasteiger partial charge < -0.3 is 11.1 Å². The monoisotopic (exact) mass is 260 g/mol. The minimum atomic E-state index is 0.439. The van der Waals surface area contributed by atoms with Gasteiger partial charge in [0.2, 0.25) is 0 Å². The number of nitrogens with zero attached hydrogens (tertiary/aromatic N) is 2. The molecule has 0 fully saturated rings. The minimum absolute atomic E-state index is 0.439. The van der Waals surface area contributed by atoms with E-state index in [-0.39, 0.29) is 0 Å². The molecule has 0 saturated carbocycles. The molecule has 104 valence electrons. The molecule has 0 bridgehead atoms. The van der Waals surface area contributed by atoms with Gasteiger partial charge in [-0.25, -0.2) is 4.99 Å². The van der Waals surface area contributed by atoms with Crippen LogP contribution in [-0.4, -0.2) is 24.1 Å². The van der Waals surface area contributed by atoms with Gasteiger partial charge in [0.05, 0.1) is 6.67 Å². The van der Waals surface area contributed by atoms with Crippen molar-refractivity contribution < 1.29 is 0 Å². The average Bonchev–Trinajstić information content (AvgIpc) is 2.75. The maximum Gasteiger partial charge on any atom is 0.189 e. The fourth-order valence-electron chi connectivity index (χ4n) is 2.80. The van der Waals surface area contributed by atoms with E-state index in [1.807, 2.05) is 6.92 Å². The summed E-state index contributed by atoms with van der Waals surface area (Å²) in [5.41, 5.74) is 8.66. The highest BCUT2D eigenvalue weighted by atomic mass is 15.3. The van der Waals surface area contributed by atoms with Gasteiger partial charge in [-0.1, -0.05) is 38.1 Å². The normalized spacial score (nSPS) is 19.8. The summed E-state index contributed by atoms with van der Waals surface area (Å²) < 4.78 is 0. The highest BCUT2D eigenvalue weighted by Crippen LogP contribution is 2.38. The lowest BCUT2D eigenvalue weighted by molar-refractivity contribution is 0.177. The SMILES string of the molecule is CCNC(N)=NCN1Cc2ccccc2C1C(C)C. The van der Waals surface area contributed by atoms with Gasteiger partial charge in [0.1, 0.15) is 0 Å². The van der Waals surface area contributed by atoms with Crippen molar-refractivity contribution >= 4 is 5.96 Å². The van der Waals surface area contributed by atoms with E-state index in [1.165, 1.54) is 11.1 Å². The van der Waals surface area contributed by atoms with Crippen LogP contribution in [0.15, 0.2) is 29.3 Å². The van der Waals surface area contributed by atoms with Crippen molar-refractivity contribution in [2.75, 3.05) is 13.2 Å². The van der Waals surface area contributed by atoms with E-state index in [9.17, 15) is 0 Å². The first-order chi connectivity index (χ1) is 9.13. The summed E-state index contributed by atoms with van der Waals surface area (Å²) in [7, 11) is 0. The van der Waals surface area contributed by atoms with Crippen LogP contribution < -0.4 is 11.1 Å². The van der Waals surface area contributed by atoms with Crippen molar-refractivity contribution in [2.24, 2.45) is 16.6 Å². The molecule has 1 heterocycles. The number of nitrogens with one attached hydrogen (secondary N) is 1. The molecule has 1 atom stereocenters. The molecule has 1 aliphatic rings. The Morgan fingerprint density at radius 1 is 1.47 bits per heavy atom. The summed E-state index contributed by atoms with van der Waals surface area (Å²) in [6.07, 6.45) is 0. The van der Waals surface area contributed by atoms with Gasteiger partial charge in [-0.05, 0) is 24.0 Å². The van der Waals surface area contributed by atoms with Crippen LogP contribution in [0.25, 0.3) is 0 Å². The summed E-state index contributed by atoms with van der Waals surface area (Å²) in [5.74, 6) is 1.10. The van der Waals surface area contributed by atoms with E-state index >= 15 is 0 Å². The molecule has 4 nitrogen and oxygen atoms in total. The zero-order valence-electron chi connectivity index (χ0n) is 12.1. The van der Waals surface area contributed by atoms with Crippen LogP contribution in [0.2, 0.25) is 0 Å². The standard InChI is InChI=1S/C15H24N4/c1-4-17-15(16)18-10-19-9-12-7-5-6-8-13(12)14(19)11(2)3/h5-8,11,14H,4,9-10H2,1-3H3,(H3,16,17,18). The van der Waals surface area contributed by atoms with Gasteiger partial charge in [-0.15, -0.1) is 0 Å². The third-order valence-electron chi connectivity index (χ3n) is 3.55. The predicted octanol–water partition coefficient (Wildman–Crippen LogP) is 2.08. The number of guanidine groups is 1. The highest BCUT2D eigenvalue weighted by molar-refractivity contribution is 5.77. The van der Waals surface area contributed by atoms with Gasteiger partial charge >= 0.3 is 0 Å². The van der Waals surface area contributed by atoms with Crippen LogP contribution in [-0.2, 0) is 6.54 Å². The zero-order chi connectivity index (χ0) is 13.8. The number of nitrogens with two attached hydrogens (primary N) is 1. The van der Waals surface area contributed by atoms with Crippen LogP contribution in [0.5, 0.6) is 0 Å². The molecule has 0 spiro atoms. The predicted molar refractivity (Wildman–Crippen MR) is 79.7 cm³/mol. The first-order valence-electron chi connectivity index (χ1n) is 6.99. The van der Waals surface area contributed by atoms with Crippen LogP contribution >= 0.6 is 0 Å². The Morgan fingerprint density at radius 2 is 2.21 bits per heavy atom. The largest absolute Gasteiger partial charge is 0.370 e. The quantitative estimate of drug-likeness (QED) is 0.644. The second kappa shape index (κ2) is 6.06. The lowest BCUT2D eigenvalue weighted by Gasteiger charge is -2.26. The van der Waals surface area contributed by atoms with Crippen molar-refractivity contribution in [3.8, 4) is 0 Å². The van der Waals surface area contributed by atoms with Gasteiger partial charge in [-0.3, -0.25) is 4.90 Å². The molecule has 19 heavy (non-hydrogen) atoms. The summed E-state index contributed by atoms with van der Waals surface area (Å²) in [6, 6.07) is 9.11. The van der Waals surface area contributed by atoms with Crippen LogP contribution in [0.4, 0.5) is 0 Å². The highest BCUT2D eigenvalue weighted by Gasteiger charge is 2.31. The number of benzene rings is 1. The number of hydrogen-bond donors (Lipinski definition) is 2. The molecule has 1 aromatic carbocycles. The number of aliphatic imine (C=N–C) groups is 1. The van der Waals surface area contributed by atoms with Crippen LogP contribution in [0.3, 0.4) is 0 Å². The molecule has 4 heteroatoms. The molecule has 0 amide bonds. The van der Waals surface area contributed by atoms with E-state index in [1.54, 1.807) is 0 Å². The fourth-order valence-corrected chi connectivity index (χ4v) is 2.80. The van der Waals surface area contributed by atoms with Crippen molar-refractivity contribution in [3.05, 3.63) is 35.4 Å². The lowest BCUT2D eigenvalue weighted by atomic mass is 9.96. The Bertz CT molecular complexity index is 453. The molecule has 1 aliphatic heterocycles. The Balaban J connectivity index is 2.13. The van der Waals surface area contributed by atoms with E-state index in [4.69, 9.17) is 5.73 Å². The number of hydrogen-bond acceptors (Lipinski definition) is 2. The molecule has 1 unspecified atom stereocenters. The Labute approximate surface area is 115 Å². The van der Waals surface area contributed by atoms with E-state index in [0.717, 1.165) is 13.1 Å². The van der Waals surface area contributed by atoms with Crippen LogP contribution in [0.1, 0.15) is 37.9 Å². The molecule has 2 rings (SSSR count).